The molecule has 0 aromatic carbocycles. The number of hydrogen-bond acceptors (Lipinski definition) is 8. The molecule has 3 N–H and O–H groups in total. The van der Waals surface area contributed by atoms with E-state index in [0.717, 1.165) is 13.8 Å². The van der Waals surface area contributed by atoms with Gasteiger partial charge in [-0.25, -0.2) is 0 Å². The van der Waals surface area contributed by atoms with Gasteiger partial charge in [0.15, 0.2) is 0 Å². The predicted molar refractivity (Wildman–Crippen MR) is 59.1 cm³/mol. The van der Waals surface area contributed by atoms with E-state index in [2.05, 4.69) is 0 Å². The number of carbonyl (C=O) groups excluding carboxylic acids is 2. The van der Waals surface area contributed by atoms with Crippen LogP contribution in [-0.2, 0) is 29.1 Å². The zero-order valence-electron chi connectivity index (χ0n) is 11.4. The first-order valence-electron chi connectivity index (χ1n) is 5.21. The molecular formula is C10H21NO7Zn. The maximum Gasteiger partial charge on any atom is 2.00 e. The number of rotatable bonds is 6. The SMILES string of the molecule is CC(=O)[O-].CC(=O)[O-].OCCN(CCO)CCO.[Zn+2]. The van der Waals surface area contributed by atoms with Crippen LogP contribution in [0.2, 0.25) is 0 Å². The van der Waals surface area contributed by atoms with Crippen molar-refractivity contribution in [1.82, 2.24) is 4.90 Å². The maximum atomic E-state index is 8.89. The van der Waals surface area contributed by atoms with Crippen LogP contribution in [0.25, 0.3) is 0 Å². The van der Waals surface area contributed by atoms with Crippen LogP contribution in [0.1, 0.15) is 13.8 Å². The minimum Gasteiger partial charge on any atom is -0.550 e. The van der Waals surface area contributed by atoms with Crippen LogP contribution in [0.4, 0.5) is 0 Å². The second-order valence-corrected chi connectivity index (χ2v) is 3.00. The second-order valence-electron chi connectivity index (χ2n) is 3.00. The molecular weight excluding hydrogens is 311 g/mol. The van der Waals surface area contributed by atoms with E-state index in [1.54, 1.807) is 4.90 Å². The molecule has 0 amide bonds. The normalized spacial score (nSPS) is 8.32. The number of carbonyl (C=O) groups is 2. The summed E-state index contributed by atoms with van der Waals surface area (Å²) in [6.45, 7) is 3.70. The minimum absolute atomic E-state index is 0. The first-order valence-corrected chi connectivity index (χ1v) is 5.21. The van der Waals surface area contributed by atoms with Crippen LogP contribution < -0.4 is 10.2 Å². The molecule has 0 bridgehead atoms. The summed E-state index contributed by atoms with van der Waals surface area (Å²) in [6, 6.07) is 0. The molecule has 19 heavy (non-hydrogen) atoms. The Bertz CT molecular complexity index is 170. The molecule has 0 heterocycles. The van der Waals surface area contributed by atoms with Crippen LogP contribution in [0.5, 0.6) is 0 Å². The molecule has 0 aliphatic carbocycles. The fourth-order valence-electron chi connectivity index (χ4n) is 0.760. The molecule has 0 radical (unpaired) electrons. The van der Waals surface area contributed by atoms with Gasteiger partial charge in [-0.2, -0.15) is 0 Å². The molecule has 0 saturated carbocycles. The number of aliphatic hydroxyl groups excluding tert-OH is 3. The minimum atomic E-state index is -1.08. The molecule has 9 heteroatoms. The summed E-state index contributed by atoms with van der Waals surface area (Å²) in [7, 11) is 0. The first-order chi connectivity index (χ1) is 8.31. The Hall–Kier alpha value is -0.597. The van der Waals surface area contributed by atoms with Crippen molar-refractivity contribution < 1.29 is 54.6 Å². The van der Waals surface area contributed by atoms with Gasteiger partial charge in [0.25, 0.3) is 0 Å². The summed E-state index contributed by atoms with van der Waals surface area (Å²) in [5.74, 6) is -2.17. The van der Waals surface area contributed by atoms with E-state index in [-0.39, 0.29) is 39.3 Å². The van der Waals surface area contributed by atoms with Crippen molar-refractivity contribution >= 4 is 11.9 Å². The third-order valence-electron chi connectivity index (χ3n) is 1.25. The fourth-order valence-corrected chi connectivity index (χ4v) is 0.760. The van der Waals surface area contributed by atoms with Crippen molar-refractivity contribution in [2.24, 2.45) is 0 Å². The molecule has 0 unspecified atom stereocenters. The van der Waals surface area contributed by atoms with Crippen molar-refractivity contribution in [3.8, 4) is 0 Å². The van der Waals surface area contributed by atoms with Crippen LogP contribution >= 0.6 is 0 Å². The average Bonchev–Trinajstić information content (AvgIpc) is 2.17. The Morgan fingerprint density at radius 1 is 0.842 bits per heavy atom. The van der Waals surface area contributed by atoms with E-state index in [1.807, 2.05) is 0 Å². The van der Waals surface area contributed by atoms with Gasteiger partial charge in [-0.05, 0) is 13.8 Å². The Morgan fingerprint density at radius 3 is 1.11 bits per heavy atom. The molecule has 0 aliphatic heterocycles. The Morgan fingerprint density at radius 2 is 1.00 bits per heavy atom. The number of aliphatic carboxylic acids is 2. The second kappa shape index (κ2) is 22.6. The number of carboxylic acid groups (broad SMARTS) is 2. The smallest absolute Gasteiger partial charge is 0.550 e. The number of aliphatic hydroxyl groups is 3. The summed E-state index contributed by atoms with van der Waals surface area (Å²) in [5, 5.41) is 43.2. The standard InChI is InChI=1S/C6H15NO3.2C2H4O2.Zn/c8-4-1-7(2-5-9)3-6-10;2*1-2(3)4;/h8-10H,1-6H2;2*1H3,(H,3,4);/q;;;+2/p-2. The van der Waals surface area contributed by atoms with E-state index >= 15 is 0 Å². The van der Waals surface area contributed by atoms with Gasteiger partial charge in [-0.1, -0.05) is 0 Å². The monoisotopic (exact) mass is 331 g/mol. The van der Waals surface area contributed by atoms with Crippen LogP contribution in [0.3, 0.4) is 0 Å². The molecule has 110 valence electrons. The third kappa shape index (κ3) is 58.5. The molecule has 0 atom stereocenters. The van der Waals surface area contributed by atoms with Crippen LogP contribution in [0, 0.1) is 0 Å². The topological polar surface area (TPSA) is 144 Å². The molecule has 0 spiro atoms. The van der Waals surface area contributed by atoms with Gasteiger partial charge in [0.2, 0.25) is 0 Å². The van der Waals surface area contributed by atoms with Crippen molar-refractivity contribution in [1.29, 1.82) is 0 Å². The van der Waals surface area contributed by atoms with E-state index in [9.17, 15) is 0 Å². The fraction of sp³-hybridized carbons (Fsp3) is 0.800. The molecule has 8 nitrogen and oxygen atoms in total. The van der Waals surface area contributed by atoms with Gasteiger partial charge in [0.1, 0.15) is 0 Å². The molecule has 0 fully saturated rings. The molecule has 0 rings (SSSR count). The average molecular weight is 333 g/mol. The van der Waals surface area contributed by atoms with Gasteiger partial charge in [-0.15, -0.1) is 0 Å². The van der Waals surface area contributed by atoms with Gasteiger partial charge in [-0.3, -0.25) is 4.90 Å². The maximum absolute atomic E-state index is 8.89. The number of nitrogens with zero attached hydrogens (tertiary/aromatic N) is 1. The quantitative estimate of drug-likeness (QED) is 0.415. The summed E-state index contributed by atoms with van der Waals surface area (Å²) in [6.07, 6.45) is 0. The van der Waals surface area contributed by atoms with E-state index in [0.29, 0.717) is 19.6 Å². The number of hydrogen-bond donors (Lipinski definition) is 3. The van der Waals surface area contributed by atoms with Crippen molar-refractivity contribution in [2.75, 3.05) is 39.5 Å². The summed E-state index contributed by atoms with van der Waals surface area (Å²) in [5.41, 5.74) is 0. The van der Waals surface area contributed by atoms with Crippen molar-refractivity contribution in [3.05, 3.63) is 0 Å². The van der Waals surface area contributed by atoms with Gasteiger partial charge in [0.05, 0.1) is 19.8 Å². The molecule has 0 aliphatic rings. The van der Waals surface area contributed by atoms with Crippen molar-refractivity contribution in [2.45, 2.75) is 13.8 Å². The largest absolute Gasteiger partial charge is 2.00 e. The van der Waals surface area contributed by atoms with Gasteiger partial charge >= 0.3 is 19.5 Å². The van der Waals surface area contributed by atoms with E-state index in [4.69, 9.17) is 35.1 Å². The van der Waals surface area contributed by atoms with Crippen LogP contribution in [0.15, 0.2) is 0 Å². The third-order valence-corrected chi connectivity index (χ3v) is 1.25. The van der Waals surface area contributed by atoms with Crippen LogP contribution in [-0.4, -0.2) is 71.6 Å². The van der Waals surface area contributed by atoms with Crippen molar-refractivity contribution in [3.63, 3.8) is 0 Å². The Kier molecular flexibility index (Phi) is 31.9. The summed E-state index contributed by atoms with van der Waals surface area (Å²) < 4.78 is 0. The first kappa shape index (κ1) is 26.9. The zero-order chi connectivity index (χ0) is 15.0. The Balaban J connectivity index is -0.000000105. The van der Waals surface area contributed by atoms with Gasteiger partial charge < -0.3 is 35.1 Å². The summed E-state index contributed by atoms with van der Waals surface area (Å²) >= 11 is 0. The van der Waals surface area contributed by atoms with Gasteiger partial charge in [0, 0.05) is 31.6 Å². The molecule has 0 saturated heterocycles. The summed E-state index contributed by atoms with van der Waals surface area (Å²) in [4.78, 5) is 19.6. The van der Waals surface area contributed by atoms with E-state index < -0.39 is 11.9 Å². The molecule has 0 aromatic rings. The molecule has 0 aromatic heterocycles. The zero-order valence-corrected chi connectivity index (χ0v) is 14.3. The van der Waals surface area contributed by atoms with E-state index in [1.165, 1.54) is 0 Å². The Labute approximate surface area is 125 Å². The predicted octanol–water partition coefficient (Wildman–Crippen LogP) is -4.22. The number of carboxylic acids is 2.